The maximum absolute atomic E-state index is 11.9. The Morgan fingerprint density at radius 1 is 1.35 bits per heavy atom. The van der Waals surface area contributed by atoms with Crippen LogP contribution in [-0.4, -0.2) is 49.4 Å². The molecule has 2 saturated heterocycles. The second-order valence-corrected chi connectivity index (χ2v) is 4.54. The molecule has 0 aromatic heterocycles. The van der Waals surface area contributed by atoms with Crippen LogP contribution in [0.15, 0.2) is 0 Å². The number of fused-ring (bicyclic) bond motifs is 1. The third-order valence-electron chi connectivity index (χ3n) is 3.58. The lowest BCUT2D eigenvalue weighted by atomic mass is 9.83. The molecule has 2 aliphatic heterocycles. The molecule has 0 saturated carbocycles. The summed E-state index contributed by atoms with van der Waals surface area (Å²) in [6.45, 7) is 2.31. The highest BCUT2D eigenvalue weighted by Gasteiger charge is 2.61. The molecule has 0 unspecified atom stereocenters. The zero-order valence-electron chi connectivity index (χ0n) is 10.3. The summed E-state index contributed by atoms with van der Waals surface area (Å²) in [7, 11) is 2.60. The van der Waals surface area contributed by atoms with Gasteiger partial charge in [0.1, 0.15) is 5.92 Å². The Kier molecular flexibility index (Phi) is 3.09. The second-order valence-electron chi connectivity index (χ2n) is 4.54. The highest BCUT2D eigenvalue weighted by molar-refractivity contribution is 5.88. The van der Waals surface area contributed by atoms with Crippen molar-refractivity contribution < 1.29 is 23.9 Å². The first-order valence-corrected chi connectivity index (χ1v) is 5.66. The van der Waals surface area contributed by atoms with E-state index in [0.29, 0.717) is 0 Å². The summed E-state index contributed by atoms with van der Waals surface area (Å²) in [5.41, 5.74) is -1.27. The summed E-state index contributed by atoms with van der Waals surface area (Å²) >= 11 is 0. The lowest BCUT2D eigenvalue weighted by Gasteiger charge is -2.25. The number of hydrogen-bond donors (Lipinski definition) is 0. The lowest BCUT2D eigenvalue weighted by molar-refractivity contribution is -0.212. The normalized spacial score (nSPS) is 36.6. The summed E-state index contributed by atoms with van der Waals surface area (Å²) in [4.78, 5) is 29.3. The summed E-state index contributed by atoms with van der Waals surface area (Å²) in [6.07, 6.45) is 1.78. The van der Waals surface area contributed by atoms with E-state index in [1.807, 2.05) is 0 Å². The van der Waals surface area contributed by atoms with Crippen LogP contribution >= 0.6 is 0 Å². The van der Waals surface area contributed by atoms with Gasteiger partial charge in [-0.1, -0.05) is 0 Å². The summed E-state index contributed by atoms with van der Waals surface area (Å²) in [5, 5.41) is 1.71. The minimum absolute atomic E-state index is 0.0912. The largest absolute Gasteiger partial charge is 0.469 e. The van der Waals surface area contributed by atoms with Crippen LogP contribution in [0.2, 0.25) is 0 Å². The van der Waals surface area contributed by atoms with Crippen LogP contribution in [-0.2, 0) is 23.9 Å². The molecule has 2 heterocycles. The number of rotatable bonds is 2. The highest BCUT2D eigenvalue weighted by atomic mass is 16.7. The van der Waals surface area contributed by atoms with E-state index in [4.69, 9.17) is 14.3 Å². The SMILES string of the molecule is COC(=O)[C@@H]1[C@H]2CCCN2O[C@@]1(C)C(=O)OC. The van der Waals surface area contributed by atoms with E-state index in [1.54, 1.807) is 12.0 Å². The van der Waals surface area contributed by atoms with Crippen LogP contribution < -0.4 is 0 Å². The fourth-order valence-corrected chi connectivity index (χ4v) is 2.76. The van der Waals surface area contributed by atoms with Gasteiger partial charge < -0.3 is 9.47 Å². The molecule has 3 atom stereocenters. The average Bonchev–Trinajstić information content (AvgIpc) is 2.85. The summed E-state index contributed by atoms with van der Waals surface area (Å²) in [5.74, 6) is -1.59. The number of esters is 2. The van der Waals surface area contributed by atoms with Crippen molar-refractivity contribution >= 4 is 11.9 Å². The van der Waals surface area contributed by atoms with E-state index in [1.165, 1.54) is 14.2 Å². The molecule has 0 bridgehead atoms. The number of methoxy groups -OCH3 is 2. The molecule has 2 aliphatic rings. The van der Waals surface area contributed by atoms with Gasteiger partial charge in [-0.3, -0.25) is 9.63 Å². The van der Waals surface area contributed by atoms with E-state index in [0.717, 1.165) is 19.4 Å². The van der Waals surface area contributed by atoms with Gasteiger partial charge in [0.15, 0.2) is 5.60 Å². The van der Waals surface area contributed by atoms with E-state index < -0.39 is 23.5 Å². The zero-order chi connectivity index (χ0) is 12.6. The van der Waals surface area contributed by atoms with Crippen molar-refractivity contribution in [2.24, 2.45) is 5.92 Å². The summed E-state index contributed by atoms with van der Waals surface area (Å²) in [6, 6.07) is -0.0912. The van der Waals surface area contributed by atoms with Gasteiger partial charge in [0.05, 0.1) is 20.3 Å². The maximum Gasteiger partial charge on any atom is 0.340 e. The molecule has 6 heteroatoms. The lowest BCUT2D eigenvalue weighted by Crippen LogP contribution is -2.48. The molecule has 17 heavy (non-hydrogen) atoms. The Balaban J connectivity index is 2.32. The molecule has 0 N–H and O–H groups in total. The van der Waals surface area contributed by atoms with Crippen LogP contribution in [0.25, 0.3) is 0 Å². The molecule has 0 spiro atoms. The average molecular weight is 243 g/mol. The Labute approximate surface area is 99.8 Å². The number of carbonyl (C=O) groups excluding carboxylic acids is 2. The second kappa shape index (κ2) is 4.27. The van der Waals surface area contributed by atoms with Crippen LogP contribution in [0.1, 0.15) is 19.8 Å². The molecule has 6 nitrogen and oxygen atoms in total. The van der Waals surface area contributed by atoms with Crippen molar-refractivity contribution in [1.82, 2.24) is 5.06 Å². The third-order valence-corrected chi connectivity index (χ3v) is 3.58. The number of hydrogen-bond acceptors (Lipinski definition) is 6. The van der Waals surface area contributed by atoms with Gasteiger partial charge >= 0.3 is 11.9 Å². The molecule has 0 aromatic rings. The Morgan fingerprint density at radius 2 is 2.06 bits per heavy atom. The first-order valence-electron chi connectivity index (χ1n) is 5.66. The van der Waals surface area contributed by atoms with Crippen molar-refractivity contribution in [2.75, 3.05) is 20.8 Å². The van der Waals surface area contributed by atoms with Crippen molar-refractivity contribution in [3.8, 4) is 0 Å². The van der Waals surface area contributed by atoms with Gasteiger partial charge in [-0.25, -0.2) is 4.79 Å². The third kappa shape index (κ3) is 1.71. The predicted octanol–water partition coefficient (Wildman–Crippen LogP) is 0.117. The van der Waals surface area contributed by atoms with E-state index in [-0.39, 0.29) is 6.04 Å². The quantitative estimate of drug-likeness (QED) is 0.642. The number of nitrogens with zero attached hydrogens (tertiary/aromatic N) is 1. The van der Waals surface area contributed by atoms with Gasteiger partial charge in [0, 0.05) is 6.54 Å². The molecular weight excluding hydrogens is 226 g/mol. The Morgan fingerprint density at radius 3 is 2.65 bits per heavy atom. The van der Waals surface area contributed by atoms with Crippen molar-refractivity contribution in [3.05, 3.63) is 0 Å². The van der Waals surface area contributed by atoms with E-state index in [9.17, 15) is 9.59 Å². The molecule has 2 rings (SSSR count). The fourth-order valence-electron chi connectivity index (χ4n) is 2.76. The van der Waals surface area contributed by atoms with Crippen LogP contribution in [0, 0.1) is 5.92 Å². The summed E-state index contributed by atoms with van der Waals surface area (Å²) < 4.78 is 9.51. The first kappa shape index (κ1) is 12.3. The molecule has 0 amide bonds. The fraction of sp³-hybridized carbons (Fsp3) is 0.818. The Hall–Kier alpha value is -1.14. The van der Waals surface area contributed by atoms with Gasteiger partial charge in [-0.2, -0.15) is 5.06 Å². The zero-order valence-corrected chi connectivity index (χ0v) is 10.3. The smallest absolute Gasteiger partial charge is 0.340 e. The van der Waals surface area contributed by atoms with Gasteiger partial charge in [0.2, 0.25) is 0 Å². The van der Waals surface area contributed by atoms with Crippen LogP contribution in [0.4, 0.5) is 0 Å². The highest BCUT2D eigenvalue weighted by Crippen LogP contribution is 2.43. The molecule has 0 radical (unpaired) electrons. The topological polar surface area (TPSA) is 65.1 Å². The van der Waals surface area contributed by atoms with Crippen LogP contribution in [0.3, 0.4) is 0 Å². The standard InChI is InChI=1S/C11H17NO5/c1-11(10(14)16-3)8(9(13)15-2)7-5-4-6-12(7)17-11/h7-8H,4-6H2,1-3H3/t7-,8+,11-/m1/s1. The van der Waals surface area contributed by atoms with E-state index in [2.05, 4.69) is 0 Å². The molecule has 0 aromatic carbocycles. The first-order chi connectivity index (χ1) is 8.04. The van der Waals surface area contributed by atoms with Crippen molar-refractivity contribution in [3.63, 3.8) is 0 Å². The molecule has 0 aliphatic carbocycles. The van der Waals surface area contributed by atoms with Crippen molar-refractivity contribution in [2.45, 2.75) is 31.4 Å². The predicted molar refractivity (Wildman–Crippen MR) is 56.7 cm³/mol. The van der Waals surface area contributed by atoms with Crippen LogP contribution in [0.5, 0.6) is 0 Å². The number of ether oxygens (including phenoxy) is 2. The minimum Gasteiger partial charge on any atom is -0.469 e. The van der Waals surface area contributed by atoms with E-state index >= 15 is 0 Å². The number of hydroxylamine groups is 2. The Bertz CT molecular complexity index is 345. The number of carbonyl (C=O) groups is 2. The molecule has 96 valence electrons. The van der Waals surface area contributed by atoms with Gasteiger partial charge in [-0.15, -0.1) is 0 Å². The van der Waals surface area contributed by atoms with Gasteiger partial charge in [-0.05, 0) is 19.8 Å². The van der Waals surface area contributed by atoms with Gasteiger partial charge in [0.25, 0.3) is 0 Å². The molecular formula is C11H17NO5. The molecule has 2 fully saturated rings. The minimum atomic E-state index is -1.27. The van der Waals surface area contributed by atoms with Crippen molar-refractivity contribution in [1.29, 1.82) is 0 Å². The monoisotopic (exact) mass is 243 g/mol. The maximum atomic E-state index is 11.9.